The molecule has 6 N–H and O–H groups in total. The van der Waals surface area contributed by atoms with Crippen LogP contribution in [0.4, 0.5) is 5.69 Å². The Morgan fingerprint density at radius 3 is 2.39 bits per heavy atom. The Kier molecular flexibility index (Phi) is 5.13. The summed E-state index contributed by atoms with van der Waals surface area (Å²) in [6.07, 6.45) is 0.228. The summed E-state index contributed by atoms with van der Waals surface area (Å²) < 4.78 is 0. The standard InChI is InChI=1S/C12H17N3O3/c13-9-3-1-8(2-4-9)7-15-10(12(17)18)5-6-11(14)16/h1-4,10,15H,5-7,13H2,(H2,14,16)(H,17,18)/t10-/m0/s1. The number of aliphatic carboxylic acids is 1. The maximum Gasteiger partial charge on any atom is 0.320 e. The average molecular weight is 251 g/mol. The molecule has 18 heavy (non-hydrogen) atoms. The minimum Gasteiger partial charge on any atom is -0.480 e. The van der Waals surface area contributed by atoms with Crippen molar-refractivity contribution in [3.05, 3.63) is 29.8 Å². The lowest BCUT2D eigenvalue weighted by Gasteiger charge is -2.13. The number of rotatable bonds is 7. The Morgan fingerprint density at radius 1 is 1.28 bits per heavy atom. The zero-order chi connectivity index (χ0) is 13.5. The van der Waals surface area contributed by atoms with E-state index in [4.69, 9.17) is 16.6 Å². The van der Waals surface area contributed by atoms with E-state index in [9.17, 15) is 9.59 Å². The number of hydrogen-bond donors (Lipinski definition) is 4. The van der Waals surface area contributed by atoms with Gasteiger partial charge in [0.25, 0.3) is 0 Å². The first-order valence-corrected chi connectivity index (χ1v) is 5.58. The van der Waals surface area contributed by atoms with Gasteiger partial charge in [0.05, 0.1) is 0 Å². The number of carbonyl (C=O) groups is 2. The summed E-state index contributed by atoms with van der Waals surface area (Å²) in [6, 6.07) is 6.34. The Bertz CT molecular complexity index is 417. The largest absolute Gasteiger partial charge is 0.480 e. The molecule has 98 valence electrons. The van der Waals surface area contributed by atoms with Crippen LogP contribution in [0.15, 0.2) is 24.3 Å². The molecule has 0 aromatic heterocycles. The molecular formula is C12H17N3O3. The first-order valence-electron chi connectivity index (χ1n) is 5.58. The molecule has 1 aromatic carbocycles. The smallest absolute Gasteiger partial charge is 0.320 e. The van der Waals surface area contributed by atoms with Crippen molar-refractivity contribution in [1.82, 2.24) is 5.32 Å². The molecule has 0 unspecified atom stereocenters. The van der Waals surface area contributed by atoms with Crippen LogP contribution < -0.4 is 16.8 Å². The van der Waals surface area contributed by atoms with Crippen molar-refractivity contribution in [2.24, 2.45) is 5.73 Å². The molecule has 1 atom stereocenters. The van der Waals surface area contributed by atoms with Gasteiger partial charge in [0.15, 0.2) is 0 Å². The molecule has 0 saturated heterocycles. The van der Waals surface area contributed by atoms with Gasteiger partial charge in [-0.2, -0.15) is 0 Å². The number of nitrogen functional groups attached to an aromatic ring is 1. The zero-order valence-electron chi connectivity index (χ0n) is 9.93. The van der Waals surface area contributed by atoms with Crippen LogP contribution in [0.3, 0.4) is 0 Å². The van der Waals surface area contributed by atoms with Gasteiger partial charge in [0, 0.05) is 18.7 Å². The molecule has 0 aliphatic heterocycles. The summed E-state index contributed by atoms with van der Waals surface area (Å²) in [5, 5.41) is 11.8. The fraction of sp³-hybridized carbons (Fsp3) is 0.333. The third-order valence-electron chi connectivity index (χ3n) is 2.51. The van der Waals surface area contributed by atoms with Crippen LogP contribution in [0.2, 0.25) is 0 Å². The van der Waals surface area contributed by atoms with Gasteiger partial charge in [0.2, 0.25) is 5.91 Å². The zero-order valence-corrected chi connectivity index (χ0v) is 9.93. The van der Waals surface area contributed by atoms with E-state index in [0.29, 0.717) is 12.2 Å². The Labute approximate surface area is 105 Å². The van der Waals surface area contributed by atoms with Crippen LogP contribution in [-0.4, -0.2) is 23.0 Å². The first kappa shape index (κ1) is 14.0. The van der Waals surface area contributed by atoms with E-state index in [1.54, 1.807) is 12.1 Å². The summed E-state index contributed by atoms with van der Waals surface area (Å²) in [6.45, 7) is 0.399. The van der Waals surface area contributed by atoms with Gasteiger partial charge < -0.3 is 21.9 Å². The maximum absolute atomic E-state index is 11.0. The van der Waals surface area contributed by atoms with Crippen LogP contribution >= 0.6 is 0 Å². The average Bonchev–Trinajstić information content (AvgIpc) is 2.30. The predicted molar refractivity (Wildman–Crippen MR) is 67.5 cm³/mol. The van der Waals surface area contributed by atoms with Gasteiger partial charge in [0.1, 0.15) is 6.04 Å². The van der Waals surface area contributed by atoms with Gasteiger partial charge in [-0.3, -0.25) is 9.59 Å². The monoisotopic (exact) mass is 251 g/mol. The Morgan fingerprint density at radius 2 is 1.89 bits per heavy atom. The minimum atomic E-state index is -0.994. The topological polar surface area (TPSA) is 118 Å². The number of anilines is 1. The van der Waals surface area contributed by atoms with Gasteiger partial charge in [-0.25, -0.2) is 0 Å². The van der Waals surface area contributed by atoms with Gasteiger partial charge >= 0.3 is 5.97 Å². The molecule has 6 heteroatoms. The van der Waals surface area contributed by atoms with Crippen molar-refractivity contribution in [2.45, 2.75) is 25.4 Å². The highest BCUT2D eigenvalue weighted by atomic mass is 16.4. The number of hydrogen-bond acceptors (Lipinski definition) is 4. The number of nitrogens with two attached hydrogens (primary N) is 2. The van der Waals surface area contributed by atoms with E-state index >= 15 is 0 Å². The maximum atomic E-state index is 11.0. The molecule has 0 bridgehead atoms. The highest BCUT2D eigenvalue weighted by Crippen LogP contribution is 2.06. The molecule has 1 amide bonds. The van der Waals surface area contributed by atoms with Crippen molar-refractivity contribution < 1.29 is 14.7 Å². The quantitative estimate of drug-likeness (QED) is 0.512. The van der Waals surface area contributed by atoms with Crippen LogP contribution in [0.1, 0.15) is 18.4 Å². The van der Waals surface area contributed by atoms with Crippen molar-refractivity contribution in [3.63, 3.8) is 0 Å². The molecule has 0 spiro atoms. The van der Waals surface area contributed by atoms with Crippen LogP contribution in [0.5, 0.6) is 0 Å². The number of carbonyl (C=O) groups excluding carboxylic acids is 1. The molecule has 0 radical (unpaired) electrons. The third-order valence-corrected chi connectivity index (χ3v) is 2.51. The summed E-state index contributed by atoms with van der Waals surface area (Å²) in [5.74, 6) is -1.50. The molecular weight excluding hydrogens is 234 g/mol. The fourth-order valence-corrected chi connectivity index (χ4v) is 1.48. The first-order chi connectivity index (χ1) is 8.49. The van der Waals surface area contributed by atoms with E-state index in [0.717, 1.165) is 5.56 Å². The Balaban J connectivity index is 2.49. The lowest BCUT2D eigenvalue weighted by molar-refractivity contribution is -0.139. The molecule has 0 saturated carbocycles. The number of carboxylic acids is 1. The SMILES string of the molecule is NC(=O)CC[C@H](NCc1ccc(N)cc1)C(=O)O. The normalized spacial score (nSPS) is 12.0. The summed E-state index contributed by atoms with van der Waals surface area (Å²) in [5.41, 5.74) is 12.1. The Hall–Kier alpha value is -2.08. The predicted octanol–water partition coefficient (Wildman–Crippen LogP) is 0.0771. The molecule has 0 heterocycles. The summed E-state index contributed by atoms with van der Waals surface area (Å²) >= 11 is 0. The van der Waals surface area contributed by atoms with Crippen LogP contribution in [0.25, 0.3) is 0 Å². The number of nitrogens with one attached hydrogen (secondary N) is 1. The number of amides is 1. The second-order valence-electron chi connectivity index (χ2n) is 4.02. The van der Waals surface area contributed by atoms with Crippen molar-refractivity contribution >= 4 is 17.6 Å². The highest BCUT2D eigenvalue weighted by Gasteiger charge is 2.17. The second-order valence-corrected chi connectivity index (χ2v) is 4.02. The molecule has 1 rings (SSSR count). The molecule has 0 fully saturated rings. The lowest BCUT2D eigenvalue weighted by atomic mass is 10.1. The molecule has 1 aromatic rings. The number of benzene rings is 1. The van der Waals surface area contributed by atoms with Crippen LogP contribution in [0, 0.1) is 0 Å². The van der Waals surface area contributed by atoms with E-state index in [-0.39, 0.29) is 12.8 Å². The van der Waals surface area contributed by atoms with Crippen molar-refractivity contribution in [2.75, 3.05) is 5.73 Å². The fourth-order valence-electron chi connectivity index (χ4n) is 1.48. The van der Waals surface area contributed by atoms with E-state index in [1.165, 1.54) is 0 Å². The van der Waals surface area contributed by atoms with E-state index < -0.39 is 17.9 Å². The van der Waals surface area contributed by atoms with Gasteiger partial charge in [-0.05, 0) is 24.1 Å². The highest BCUT2D eigenvalue weighted by molar-refractivity contribution is 5.77. The van der Waals surface area contributed by atoms with Crippen molar-refractivity contribution in [3.8, 4) is 0 Å². The van der Waals surface area contributed by atoms with Crippen LogP contribution in [-0.2, 0) is 16.1 Å². The van der Waals surface area contributed by atoms with Crippen molar-refractivity contribution in [1.29, 1.82) is 0 Å². The summed E-state index contributed by atoms with van der Waals surface area (Å²) in [4.78, 5) is 21.6. The molecule has 0 aliphatic rings. The number of carboxylic acid groups (broad SMARTS) is 1. The van der Waals surface area contributed by atoms with Gasteiger partial charge in [-0.15, -0.1) is 0 Å². The number of primary amides is 1. The third kappa shape index (κ3) is 4.84. The molecule has 0 aliphatic carbocycles. The second kappa shape index (κ2) is 6.61. The lowest BCUT2D eigenvalue weighted by Crippen LogP contribution is -2.37. The summed E-state index contributed by atoms with van der Waals surface area (Å²) in [7, 11) is 0. The van der Waals surface area contributed by atoms with E-state index in [1.807, 2.05) is 12.1 Å². The minimum absolute atomic E-state index is 0.0473. The van der Waals surface area contributed by atoms with Gasteiger partial charge in [-0.1, -0.05) is 12.1 Å². The molecule has 6 nitrogen and oxygen atoms in total. The van der Waals surface area contributed by atoms with E-state index in [2.05, 4.69) is 5.32 Å².